The van der Waals surface area contributed by atoms with E-state index in [0.29, 0.717) is 6.54 Å². The smallest absolute Gasteiger partial charge is 0.331 e. The largest absolute Gasteiger partial charge is 0.497 e. The summed E-state index contributed by atoms with van der Waals surface area (Å²) in [5, 5.41) is 2.10. The van der Waals surface area contributed by atoms with Gasteiger partial charge in [0.2, 0.25) is 0 Å². The van der Waals surface area contributed by atoms with Gasteiger partial charge in [-0.1, -0.05) is 36.4 Å². The second-order valence-electron chi connectivity index (χ2n) is 7.19. The molecular weight excluding hydrogens is 378 g/mol. The number of hydrogen-bond donors (Lipinski definition) is 0. The van der Waals surface area contributed by atoms with Crippen molar-refractivity contribution in [2.75, 3.05) is 25.2 Å². The number of nitrogens with zero attached hydrogens (tertiary/aromatic N) is 1. The highest BCUT2D eigenvalue weighted by Gasteiger charge is 2.22. The number of hydrogen-bond acceptors (Lipinski definition) is 4. The molecule has 0 saturated carbocycles. The number of carbonyl (C=O) groups excluding carboxylic acids is 2. The van der Waals surface area contributed by atoms with E-state index in [-0.39, 0.29) is 12.5 Å². The monoisotopic (exact) mass is 401 g/mol. The van der Waals surface area contributed by atoms with Gasteiger partial charge in [-0.2, -0.15) is 0 Å². The van der Waals surface area contributed by atoms with Crippen molar-refractivity contribution in [3.63, 3.8) is 0 Å². The number of amides is 1. The van der Waals surface area contributed by atoms with Crippen LogP contribution in [0.1, 0.15) is 17.5 Å². The summed E-state index contributed by atoms with van der Waals surface area (Å²) in [7, 11) is 1.64. The lowest BCUT2D eigenvalue weighted by atomic mass is 10.0. The number of fused-ring (bicyclic) bond motifs is 2. The predicted molar refractivity (Wildman–Crippen MR) is 118 cm³/mol. The van der Waals surface area contributed by atoms with E-state index in [2.05, 4.69) is 0 Å². The van der Waals surface area contributed by atoms with Crippen molar-refractivity contribution in [2.24, 2.45) is 0 Å². The van der Waals surface area contributed by atoms with Crippen LogP contribution in [-0.2, 0) is 20.7 Å². The minimum Gasteiger partial charge on any atom is -0.497 e. The van der Waals surface area contributed by atoms with Gasteiger partial charge in [0, 0.05) is 18.3 Å². The van der Waals surface area contributed by atoms with Gasteiger partial charge in [-0.25, -0.2) is 4.79 Å². The first-order valence-electron chi connectivity index (χ1n) is 9.95. The van der Waals surface area contributed by atoms with E-state index in [0.717, 1.165) is 46.2 Å². The zero-order valence-corrected chi connectivity index (χ0v) is 16.8. The molecule has 1 amide bonds. The fourth-order valence-corrected chi connectivity index (χ4v) is 3.69. The van der Waals surface area contributed by atoms with Crippen molar-refractivity contribution in [1.29, 1.82) is 0 Å². The van der Waals surface area contributed by atoms with Gasteiger partial charge < -0.3 is 14.4 Å². The van der Waals surface area contributed by atoms with Crippen LogP contribution in [0.2, 0.25) is 0 Å². The van der Waals surface area contributed by atoms with Crippen LogP contribution in [0.25, 0.3) is 16.8 Å². The third kappa shape index (κ3) is 4.35. The SMILES string of the molecule is COc1ccc2cc(/C=C/C(=O)OCC(=O)N3CCCc4ccccc43)ccc2c1. The summed E-state index contributed by atoms with van der Waals surface area (Å²) < 4.78 is 10.4. The molecule has 0 aromatic heterocycles. The molecule has 1 aliphatic heterocycles. The fourth-order valence-electron chi connectivity index (χ4n) is 3.69. The van der Waals surface area contributed by atoms with Gasteiger partial charge >= 0.3 is 5.97 Å². The molecular formula is C25H23NO4. The van der Waals surface area contributed by atoms with Crippen molar-refractivity contribution in [3.05, 3.63) is 77.9 Å². The fraction of sp³-hybridized carbons (Fsp3) is 0.200. The quantitative estimate of drug-likeness (QED) is 0.470. The van der Waals surface area contributed by atoms with Gasteiger partial charge in [0.1, 0.15) is 5.75 Å². The van der Waals surface area contributed by atoms with Crippen molar-refractivity contribution in [1.82, 2.24) is 0 Å². The van der Waals surface area contributed by atoms with Crippen molar-refractivity contribution >= 4 is 34.4 Å². The summed E-state index contributed by atoms with van der Waals surface area (Å²) in [6.07, 6.45) is 4.90. The molecule has 5 heteroatoms. The molecule has 1 heterocycles. The Labute approximate surface area is 175 Å². The van der Waals surface area contributed by atoms with E-state index in [9.17, 15) is 9.59 Å². The van der Waals surface area contributed by atoms with Crippen LogP contribution in [0.4, 0.5) is 5.69 Å². The summed E-state index contributed by atoms with van der Waals surface area (Å²) in [5.74, 6) is 0.0578. The topological polar surface area (TPSA) is 55.8 Å². The molecule has 0 bridgehead atoms. The lowest BCUT2D eigenvalue weighted by molar-refractivity contribution is -0.142. The maximum atomic E-state index is 12.6. The highest BCUT2D eigenvalue weighted by atomic mass is 16.5. The number of aryl methyl sites for hydroxylation is 1. The molecule has 0 unspecified atom stereocenters. The van der Waals surface area contributed by atoms with Gasteiger partial charge in [0.25, 0.3) is 5.91 Å². The summed E-state index contributed by atoms with van der Waals surface area (Å²) in [4.78, 5) is 26.4. The minimum absolute atomic E-state index is 0.205. The summed E-state index contributed by atoms with van der Waals surface area (Å²) in [5.41, 5.74) is 2.94. The Bertz CT molecular complexity index is 1120. The Kier molecular flexibility index (Phi) is 5.80. The van der Waals surface area contributed by atoms with E-state index in [1.54, 1.807) is 18.1 Å². The first kappa shape index (κ1) is 19.7. The highest BCUT2D eigenvalue weighted by Crippen LogP contribution is 2.26. The van der Waals surface area contributed by atoms with Crippen LogP contribution in [0.3, 0.4) is 0 Å². The summed E-state index contributed by atoms with van der Waals surface area (Å²) >= 11 is 0. The number of benzene rings is 3. The molecule has 4 rings (SSSR count). The Morgan fingerprint density at radius 3 is 2.70 bits per heavy atom. The maximum Gasteiger partial charge on any atom is 0.331 e. The third-order valence-electron chi connectivity index (χ3n) is 5.23. The molecule has 3 aromatic rings. The lowest BCUT2D eigenvalue weighted by Crippen LogP contribution is -2.38. The number of esters is 1. The lowest BCUT2D eigenvalue weighted by Gasteiger charge is -2.29. The van der Waals surface area contributed by atoms with Crippen LogP contribution < -0.4 is 9.64 Å². The molecule has 1 aliphatic rings. The Morgan fingerprint density at radius 2 is 1.83 bits per heavy atom. The van der Waals surface area contributed by atoms with Crippen LogP contribution in [0, 0.1) is 0 Å². The molecule has 3 aromatic carbocycles. The van der Waals surface area contributed by atoms with Crippen LogP contribution in [0.15, 0.2) is 66.7 Å². The zero-order chi connectivity index (χ0) is 20.9. The zero-order valence-electron chi connectivity index (χ0n) is 16.8. The van der Waals surface area contributed by atoms with Crippen LogP contribution in [-0.4, -0.2) is 32.1 Å². The van der Waals surface area contributed by atoms with Gasteiger partial charge in [0.15, 0.2) is 6.61 Å². The molecule has 0 N–H and O–H groups in total. The number of ether oxygens (including phenoxy) is 2. The summed E-state index contributed by atoms with van der Waals surface area (Å²) in [6, 6.07) is 19.6. The van der Waals surface area contributed by atoms with Crippen molar-refractivity contribution < 1.29 is 19.1 Å². The third-order valence-corrected chi connectivity index (χ3v) is 5.23. The number of para-hydroxylation sites is 1. The van der Waals surface area contributed by atoms with Crippen LogP contribution in [0.5, 0.6) is 5.75 Å². The second kappa shape index (κ2) is 8.82. The molecule has 0 radical (unpaired) electrons. The van der Waals surface area contributed by atoms with E-state index in [1.807, 2.05) is 60.7 Å². The predicted octanol–water partition coefficient (Wildman–Crippen LogP) is 4.38. The van der Waals surface area contributed by atoms with E-state index in [1.165, 1.54) is 6.08 Å². The minimum atomic E-state index is -0.538. The van der Waals surface area contributed by atoms with Gasteiger partial charge in [-0.15, -0.1) is 0 Å². The Morgan fingerprint density at radius 1 is 1.03 bits per heavy atom. The standard InChI is InChI=1S/C25H23NO4/c1-29-22-12-11-20-15-18(8-10-21(20)16-22)9-13-25(28)30-17-24(27)26-14-4-6-19-5-2-3-7-23(19)26/h2-3,5,7-13,15-16H,4,6,14,17H2,1H3/b13-9+. The highest BCUT2D eigenvalue weighted by molar-refractivity contribution is 5.97. The molecule has 152 valence electrons. The maximum absolute atomic E-state index is 12.6. The van der Waals surface area contributed by atoms with E-state index >= 15 is 0 Å². The molecule has 30 heavy (non-hydrogen) atoms. The molecule has 0 spiro atoms. The number of anilines is 1. The number of rotatable bonds is 5. The van der Waals surface area contributed by atoms with Crippen molar-refractivity contribution in [2.45, 2.75) is 12.8 Å². The Balaban J connectivity index is 1.36. The van der Waals surface area contributed by atoms with E-state index < -0.39 is 5.97 Å². The average Bonchev–Trinajstić information content (AvgIpc) is 2.80. The van der Waals surface area contributed by atoms with Crippen LogP contribution >= 0.6 is 0 Å². The molecule has 0 aliphatic carbocycles. The molecule has 0 fully saturated rings. The van der Waals surface area contributed by atoms with Gasteiger partial charge in [0.05, 0.1) is 7.11 Å². The molecule has 0 atom stereocenters. The second-order valence-corrected chi connectivity index (χ2v) is 7.19. The van der Waals surface area contributed by atoms with Gasteiger partial charge in [-0.3, -0.25) is 4.79 Å². The number of carbonyl (C=O) groups is 2. The van der Waals surface area contributed by atoms with Gasteiger partial charge in [-0.05, 0) is 65.1 Å². The number of methoxy groups -OCH3 is 1. The average molecular weight is 401 g/mol. The Hall–Kier alpha value is -3.60. The van der Waals surface area contributed by atoms with E-state index in [4.69, 9.17) is 9.47 Å². The van der Waals surface area contributed by atoms with Crippen molar-refractivity contribution in [3.8, 4) is 5.75 Å². The summed E-state index contributed by atoms with van der Waals surface area (Å²) in [6.45, 7) is 0.375. The molecule has 5 nitrogen and oxygen atoms in total. The molecule has 0 saturated heterocycles. The first-order valence-corrected chi connectivity index (χ1v) is 9.95. The first-order chi connectivity index (χ1) is 14.6. The normalized spacial score (nSPS) is 13.3.